The molecule has 0 radical (unpaired) electrons. The monoisotopic (exact) mass is 423 g/mol. The molecule has 0 saturated heterocycles. The van der Waals surface area contributed by atoms with Gasteiger partial charge in [0, 0.05) is 29.7 Å². The molecule has 160 valence electrons. The first-order valence-electron chi connectivity index (χ1n) is 10.0. The number of carbonyl (C=O) groups excluding carboxylic acids is 1. The fourth-order valence-electron chi connectivity index (χ4n) is 3.55. The molecule has 2 bridgehead atoms. The lowest BCUT2D eigenvalue weighted by atomic mass is 10.1. The van der Waals surface area contributed by atoms with Crippen LogP contribution in [0.5, 0.6) is 0 Å². The fraction of sp³-hybridized carbons (Fsp3) is 0.273. The fourth-order valence-corrected chi connectivity index (χ4v) is 3.55. The number of carbonyl (C=O) groups is 1. The van der Waals surface area contributed by atoms with E-state index in [-0.39, 0.29) is 12.3 Å². The summed E-state index contributed by atoms with van der Waals surface area (Å²) < 4.78 is 13.5. The predicted octanol–water partition coefficient (Wildman–Crippen LogP) is 2.86. The Morgan fingerprint density at radius 2 is 1.97 bits per heavy atom. The Balaban J connectivity index is 1.72. The van der Waals surface area contributed by atoms with Gasteiger partial charge in [-0.05, 0) is 49.6 Å². The van der Waals surface area contributed by atoms with Crippen molar-refractivity contribution in [2.24, 2.45) is 4.99 Å². The van der Waals surface area contributed by atoms with E-state index in [0.29, 0.717) is 54.3 Å². The molecule has 0 fully saturated rings. The van der Waals surface area contributed by atoms with Gasteiger partial charge in [-0.15, -0.1) is 10.2 Å². The zero-order chi connectivity index (χ0) is 21.8. The maximum absolute atomic E-state index is 13.5. The van der Waals surface area contributed by atoms with Crippen LogP contribution in [-0.4, -0.2) is 43.4 Å². The number of anilines is 1. The molecule has 2 aliphatic rings. The van der Waals surface area contributed by atoms with Gasteiger partial charge < -0.3 is 15.2 Å². The van der Waals surface area contributed by atoms with Gasteiger partial charge in [-0.3, -0.25) is 9.69 Å². The van der Waals surface area contributed by atoms with Crippen molar-refractivity contribution in [3.8, 4) is 0 Å². The van der Waals surface area contributed by atoms with Crippen LogP contribution in [0, 0.1) is 5.82 Å². The molecule has 3 N–H and O–H groups in total. The normalized spacial score (nSPS) is 16.4. The highest BCUT2D eigenvalue weighted by molar-refractivity contribution is 6.23. The van der Waals surface area contributed by atoms with Gasteiger partial charge in [0.05, 0.1) is 5.69 Å². The summed E-state index contributed by atoms with van der Waals surface area (Å²) in [6.07, 6.45) is 7.74. The molecule has 0 unspecified atom stereocenters. The molecule has 8 nitrogen and oxygen atoms in total. The molecule has 0 atom stereocenters. The van der Waals surface area contributed by atoms with Crippen LogP contribution >= 0.6 is 0 Å². The molecule has 9 heteroatoms. The summed E-state index contributed by atoms with van der Waals surface area (Å²) in [5, 5.41) is 26.0. The number of benzene rings is 1. The molecule has 1 aromatic carbocycles. The van der Waals surface area contributed by atoms with E-state index in [0.717, 1.165) is 5.57 Å². The molecule has 1 amide bonds. The van der Waals surface area contributed by atoms with Gasteiger partial charge in [-0.25, -0.2) is 9.38 Å². The maximum atomic E-state index is 13.5. The number of H-pyrrole nitrogens is 1. The van der Waals surface area contributed by atoms with Crippen molar-refractivity contribution in [2.45, 2.75) is 38.4 Å². The van der Waals surface area contributed by atoms with E-state index < -0.39 is 12.1 Å². The predicted molar refractivity (Wildman–Crippen MR) is 113 cm³/mol. The number of aliphatic hydroxyl groups excluding tert-OH is 1. The average Bonchev–Trinajstić information content (AvgIpc) is 3.15. The van der Waals surface area contributed by atoms with Crippen molar-refractivity contribution in [1.29, 1.82) is 0 Å². The number of allylic oxidation sites excluding steroid dienone is 5. The first-order chi connectivity index (χ1) is 15.0. The van der Waals surface area contributed by atoms with Crippen molar-refractivity contribution < 1.29 is 19.4 Å². The third-order valence-electron chi connectivity index (χ3n) is 5.05. The molecular weight excluding hydrogens is 401 g/mol. The standard InChI is InChI=1S/C22H22FN5O3/c23-16-7-9-18(10-8-16)28-19(3-1-2-4-20(29)30)26-17-11-14(21-24-13-25-27-21)5-6-15(12-17)22(28)31/h5-11,13,20,29-30H,1-4,12H2,(H,24,25,27). The third kappa shape index (κ3) is 4.84. The minimum atomic E-state index is -1.36. The van der Waals surface area contributed by atoms with E-state index in [1.165, 1.54) is 23.4 Å². The number of halogens is 1. The van der Waals surface area contributed by atoms with Gasteiger partial charge in [0.1, 0.15) is 18.0 Å². The molecule has 1 aliphatic heterocycles. The van der Waals surface area contributed by atoms with Crippen LogP contribution < -0.4 is 4.90 Å². The number of nitrogens with one attached hydrogen (secondary N) is 1. The minimum absolute atomic E-state index is 0.231. The van der Waals surface area contributed by atoms with E-state index in [9.17, 15) is 9.18 Å². The van der Waals surface area contributed by atoms with Gasteiger partial charge in [-0.2, -0.15) is 0 Å². The van der Waals surface area contributed by atoms with Gasteiger partial charge in [-0.1, -0.05) is 12.2 Å². The number of aromatic nitrogens is 3. The number of hydrogen-bond acceptors (Lipinski definition) is 6. The lowest BCUT2D eigenvalue weighted by Gasteiger charge is -2.24. The Kier molecular flexibility index (Phi) is 6.15. The summed E-state index contributed by atoms with van der Waals surface area (Å²) in [6, 6.07) is 5.71. The minimum Gasteiger partial charge on any atom is -0.368 e. The summed E-state index contributed by atoms with van der Waals surface area (Å²) in [6.45, 7) is 0. The summed E-state index contributed by atoms with van der Waals surface area (Å²) in [7, 11) is 0. The first kappa shape index (κ1) is 20.8. The van der Waals surface area contributed by atoms with Crippen LogP contribution in [0.2, 0.25) is 0 Å². The summed E-state index contributed by atoms with van der Waals surface area (Å²) in [5.74, 6) is 0.481. The van der Waals surface area contributed by atoms with Crippen LogP contribution in [0.4, 0.5) is 10.1 Å². The summed E-state index contributed by atoms with van der Waals surface area (Å²) >= 11 is 0. The second-order valence-electron chi connectivity index (χ2n) is 7.34. The number of fused-ring (bicyclic) bond motifs is 2. The van der Waals surface area contributed by atoms with Crippen molar-refractivity contribution in [3.05, 3.63) is 71.7 Å². The molecule has 1 aromatic heterocycles. The van der Waals surface area contributed by atoms with Gasteiger partial charge in [0.15, 0.2) is 12.1 Å². The summed E-state index contributed by atoms with van der Waals surface area (Å²) in [5.41, 5.74) is 2.53. The number of aromatic amines is 1. The molecule has 31 heavy (non-hydrogen) atoms. The number of aliphatic hydroxyl groups is 2. The topological polar surface area (TPSA) is 115 Å². The quantitative estimate of drug-likeness (QED) is 0.468. The van der Waals surface area contributed by atoms with Crippen molar-refractivity contribution in [2.75, 3.05) is 4.90 Å². The Morgan fingerprint density at radius 3 is 2.68 bits per heavy atom. The second-order valence-corrected chi connectivity index (χ2v) is 7.34. The van der Waals surface area contributed by atoms with Crippen LogP contribution in [0.15, 0.2) is 65.1 Å². The Bertz CT molecular complexity index is 1070. The van der Waals surface area contributed by atoms with E-state index >= 15 is 0 Å². The van der Waals surface area contributed by atoms with Crippen LogP contribution in [0.3, 0.4) is 0 Å². The van der Waals surface area contributed by atoms with E-state index in [1.54, 1.807) is 24.3 Å². The second kappa shape index (κ2) is 9.15. The van der Waals surface area contributed by atoms with Gasteiger partial charge in [0.2, 0.25) is 0 Å². The number of aliphatic imine (C=N–C) groups is 1. The number of amidine groups is 1. The van der Waals surface area contributed by atoms with Crippen molar-refractivity contribution in [1.82, 2.24) is 15.2 Å². The Hall–Kier alpha value is -3.43. The van der Waals surface area contributed by atoms with Crippen LogP contribution in [0.1, 0.15) is 37.9 Å². The van der Waals surface area contributed by atoms with Gasteiger partial charge >= 0.3 is 0 Å². The van der Waals surface area contributed by atoms with E-state index in [2.05, 4.69) is 15.2 Å². The van der Waals surface area contributed by atoms with Gasteiger partial charge in [0.25, 0.3) is 5.91 Å². The molecule has 2 heterocycles. The summed E-state index contributed by atoms with van der Waals surface area (Å²) in [4.78, 5) is 22.7. The number of amides is 1. The number of nitrogens with zero attached hydrogens (tertiary/aromatic N) is 4. The van der Waals surface area contributed by atoms with Crippen LogP contribution in [-0.2, 0) is 4.79 Å². The maximum Gasteiger partial charge on any atom is 0.260 e. The molecule has 0 saturated carbocycles. The SMILES string of the molecule is O=C1C2=CC=C(c3nnc[nH]3)C=C(C2)N=C(CCCCC(O)O)N1c1ccc(F)cc1. The molecular formula is C22H22FN5O3. The number of hydrogen-bond donors (Lipinski definition) is 3. The highest BCUT2D eigenvalue weighted by atomic mass is 19.1. The zero-order valence-corrected chi connectivity index (χ0v) is 16.7. The molecule has 2 aromatic rings. The lowest BCUT2D eigenvalue weighted by molar-refractivity contribution is -0.114. The van der Waals surface area contributed by atoms with E-state index in [4.69, 9.17) is 15.2 Å². The Morgan fingerprint density at radius 1 is 1.16 bits per heavy atom. The number of rotatable bonds is 7. The molecule has 4 rings (SSSR count). The van der Waals surface area contributed by atoms with Crippen LogP contribution in [0.25, 0.3) is 5.57 Å². The Labute approximate surface area is 178 Å². The lowest BCUT2D eigenvalue weighted by Crippen LogP contribution is -2.37. The highest BCUT2D eigenvalue weighted by Crippen LogP contribution is 2.31. The smallest absolute Gasteiger partial charge is 0.260 e. The van der Waals surface area contributed by atoms with E-state index in [1.807, 2.05) is 6.08 Å². The molecule has 1 aliphatic carbocycles. The first-order valence-corrected chi connectivity index (χ1v) is 10.0. The van der Waals surface area contributed by atoms with Crippen molar-refractivity contribution >= 4 is 23.0 Å². The van der Waals surface area contributed by atoms with Crippen molar-refractivity contribution in [3.63, 3.8) is 0 Å². The highest BCUT2D eigenvalue weighted by Gasteiger charge is 2.29. The molecule has 0 spiro atoms. The average molecular weight is 423 g/mol. The largest absolute Gasteiger partial charge is 0.368 e. The third-order valence-corrected chi connectivity index (χ3v) is 5.05. The number of unbranched alkanes of at least 4 members (excludes halogenated alkanes) is 1. The zero-order valence-electron chi connectivity index (χ0n) is 16.7.